The Bertz CT molecular complexity index is 401. The van der Waals surface area contributed by atoms with Crippen molar-refractivity contribution in [3.63, 3.8) is 0 Å². The van der Waals surface area contributed by atoms with Gasteiger partial charge in [-0.2, -0.15) is 0 Å². The van der Waals surface area contributed by atoms with Gasteiger partial charge in [0.2, 0.25) is 0 Å². The first-order valence-electron chi connectivity index (χ1n) is 6.91. The zero-order valence-electron chi connectivity index (χ0n) is 12.4. The van der Waals surface area contributed by atoms with Gasteiger partial charge in [0, 0.05) is 12.7 Å². The van der Waals surface area contributed by atoms with E-state index in [-0.39, 0.29) is 12.4 Å². The summed E-state index contributed by atoms with van der Waals surface area (Å²) in [7, 11) is 1.68. The molecule has 1 aromatic rings. The van der Waals surface area contributed by atoms with E-state index in [1.54, 1.807) is 13.2 Å². The molecule has 1 rings (SSSR count). The van der Waals surface area contributed by atoms with Gasteiger partial charge in [-0.25, -0.2) is 0 Å². The first kappa shape index (κ1) is 16.0. The third-order valence-corrected chi connectivity index (χ3v) is 3.70. The van der Waals surface area contributed by atoms with Crippen LogP contribution in [0.25, 0.3) is 0 Å². The molecule has 3 nitrogen and oxygen atoms in total. The van der Waals surface area contributed by atoms with Crippen molar-refractivity contribution in [2.75, 3.05) is 7.11 Å². The van der Waals surface area contributed by atoms with Crippen molar-refractivity contribution in [3.05, 3.63) is 29.3 Å². The monoisotopic (exact) mass is 266 g/mol. The van der Waals surface area contributed by atoms with Crippen molar-refractivity contribution in [1.82, 2.24) is 0 Å². The number of phenols is 1. The molecule has 0 unspecified atom stereocenters. The quantitative estimate of drug-likeness (QED) is 0.793. The highest BCUT2D eigenvalue weighted by Crippen LogP contribution is 2.36. The van der Waals surface area contributed by atoms with Crippen LogP contribution in [0.15, 0.2) is 18.2 Å². The Kier molecular flexibility index (Phi) is 5.83. The van der Waals surface area contributed by atoms with E-state index >= 15 is 0 Å². The number of hydrogen-bond donors (Lipinski definition) is 2. The van der Waals surface area contributed by atoms with Crippen molar-refractivity contribution in [2.45, 2.75) is 52.2 Å². The Morgan fingerprint density at radius 1 is 1.32 bits per heavy atom. The van der Waals surface area contributed by atoms with Crippen LogP contribution < -0.4 is 0 Å². The van der Waals surface area contributed by atoms with Gasteiger partial charge in [-0.15, -0.1) is 0 Å². The first-order valence-corrected chi connectivity index (χ1v) is 6.91. The minimum atomic E-state index is -0.479. The maximum atomic E-state index is 10.1. The van der Waals surface area contributed by atoms with E-state index in [4.69, 9.17) is 9.84 Å². The highest BCUT2D eigenvalue weighted by atomic mass is 16.5. The summed E-state index contributed by atoms with van der Waals surface area (Å²) in [4.78, 5) is 0. The maximum Gasteiger partial charge on any atom is 0.122 e. The number of aliphatic hydroxyl groups is 1. The standard InChI is InChI=1S/C16H26O3/c1-12(2)6-5-9-16(3,19-4)14-8-7-13(11-17)10-15(14)18/h7-8,10,12,17-18H,5-6,9,11H2,1-4H3/t16-/m1/s1. The van der Waals surface area contributed by atoms with Crippen molar-refractivity contribution < 1.29 is 14.9 Å². The van der Waals surface area contributed by atoms with E-state index in [0.717, 1.165) is 24.8 Å². The molecular formula is C16H26O3. The molecule has 0 spiro atoms. The number of aromatic hydroxyl groups is 1. The van der Waals surface area contributed by atoms with Crippen LogP contribution in [0.4, 0.5) is 0 Å². The molecule has 0 saturated heterocycles. The van der Waals surface area contributed by atoms with Crippen LogP contribution in [-0.4, -0.2) is 17.3 Å². The lowest BCUT2D eigenvalue weighted by molar-refractivity contribution is -0.00979. The Hall–Kier alpha value is -1.06. The number of aliphatic hydroxyl groups excluding tert-OH is 1. The van der Waals surface area contributed by atoms with Crippen molar-refractivity contribution in [1.29, 1.82) is 0 Å². The Morgan fingerprint density at radius 2 is 2.00 bits per heavy atom. The van der Waals surface area contributed by atoms with Gasteiger partial charge in [-0.05, 0) is 37.3 Å². The fourth-order valence-electron chi connectivity index (χ4n) is 2.32. The molecule has 0 aliphatic heterocycles. The minimum absolute atomic E-state index is 0.0646. The average molecular weight is 266 g/mol. The summed E-state index contributed by atoms with van der Waals surface area (Å²) in [6.07, 6.45) is 3.07. The molecule has 108 valence electrons. The molecule has 0 amide bonds. The number of rotatable bonds is 7. The summed E-state index contributed by atoms with van der Waals surface area (Å²) < 4.78 is 5.64. The SMILES string of the molecule is CO[C@](C)(CCCC(C)C)c1ccc(CO)cc1O. The molecule has 1 aromatic carbocycles. The summed E-state index contributed by atoms with van der Waals surface area (Å²) in [6.45, 7) is 6.35. The van der Waals surface area contributed by atoms with Gasteiger partial charge in [0.1, 0.15) is 5.75 Å². The van der Waals surface area contributed by atoms with Crippen LogP contribution in [0.1, 0.15) is 51.2 Å². The van der Waals surface area contributed by atoms with Crippen LogP contribution in [0.3, 0.4) is 0 Å². The smallest absolute Gasteiger partial charge is 0.122 e. The van der Waals surface area contributed by atoms with Crippen LogP contribution in [0.5, 0.6) is 5.75 Å². The number of benzene rings is 1. The highest BCUT2D eigenvalue weighted by molar-refractivity contribution is 5.40. The molecule has 2 N–H and O–H groups in total. The topological polar surface area (TPSA) is 49.7 Å². The fraction of sp³-hybridized carbons (Fsp3) is 0.625. The first-order chi connectivity index (χ1) is 8.92. The summed E-state index contributed by atoms with van der Waals surface area (Å²) in [5.41, 5.74) is 1.02. The second-order valence-electron chi connectivity index (χ2n) is 5.73. The van der Waals surface area contributed by atoms with Gasteiger partial charge in [0.25, 0.3) is 0 Å². The molecule has 0 heterocycles. The van der Waals surface area contributed by atoms with Crippen LogP contribution >= 0.6 is 0 Å². The van der Waals surface area contributed by atoms with Crippen molar-refractivity contribution in [2.24, 2.45) is 5.92 Å². The van der Waals surface area contributed by atoms with E-state index in [2.05, 4.69) is 13.8 Å². The lowest BCUT2D eigenvalue weighted by atomic mass is 9.87. The van der Waals surface area contributed by atoms with Crippen LogP contribution in [0.2, 0.25) is 0 Å². The second kappa shape index (κ2) is 6.92. The van der Waals surface area contributed by atoms with Gasteiger partial charge in [0.15, 0.2) is 0 Å². The predicted octanol–water partition coefficient (Wildman–Crippen LogP) is 3.57. The number of ether oxygens (including phenoxy) is 1. The fourth-order valence-corrected chi connectivity index (χ4v) is 2.32. The van der Waals surface area contributed by atoms with Gasteiger partial charge >= 0.3 is 0 Å². The Balaban J connectivity index is 2.88. The van der Waals surface area contributed by atoms with Crippen LogP contribution in [-0.2, 0) is 16.9 Å². The average Bonchev–Trinajstić information content (AvgIpc) is 2.37. The summed E-state index contributed by atoms with van der Waals surface area (Å²) in [6, 6.07) is 5.28. The van der Waals surface area contributed by atoms with Gasteiger partial charge < -0.3 is 14.9 Å². The van der Waals surface area contributed by atoms with Gasteiger partial charge in [-0.1, -0.05) is 32.4 Å². The molecular weight excluding hydrogens is 240 g/mol. The van der Waals surface area contributed by atoms with E-state index < -0.39 is 5.60 Å². The number of hydrogen-bond acceptors (Lipinski definition) is 3. The van der Waals surface area contributed by atoms with E-state index in [9.17, 15) is 5.11 Å². The number of methoxy groups -OCH3 is 1. The third kappa shape index (κ3) is 4.22. The van der Waals surface area contributed by atoms with E-state index in [0.29, 0.717) is 11.5 Å². The summed E-state index contributed by atoms with van der Waals surface area (Å²) >= 11 is 0. The van der Waals surface area contributed by atoms with Crippen molar-refractivity contribution >= 4 is 0 Å². The van der Waals surface area contributed by atoms with Gasteiger partial charge in [-0.3, -0.25) is 0 Å². The lowest BCUT2D eigenvalue weighted by Crippen LogP contribution is -2.24. The molecule has 3 heteroatoms. The maximum absolute atomic E-state index is 10.1. The highest BCUT2D eigenvalue weighted by Gasteiger charge is 2.28. The minimum Gasteiger partial charge on any atom is -0.508 e. The molecule has 0 saturated carbocycles. The molecule has 0 aliphatic carbocycles. The molecule has 0 aromatic heterocycles. The molecule has 0 radical (unpaired) electrons. The molecule has 0 aliphatic rings. The lowest BCUT2D eigenvalue weighted by Gasteiger charge is -2.30. The third-order valence-electron chi connectivity index (χ3n) is 3.70. The Morgan fingerprint density at radius 3 is 2.47 bits per heavy atom. The normalized spacial score (nSPS) is 14.6. The molecule has 19 heavy (non-hydrogen) atoms. The summed E-state index contributed by atoms with van der Waals surface area (Å²) in [5.74, 6) is 0.868. The van der Waals surface area contributed by atoms with E-state index in [1.807, 2.05) is 19.1 Å². The Labute approximate surface area is 116 Å². The second-order valence-corrected chi connectivity index (χ2v) is 5.73. The predicted molar refractivity (Wildman–Crippen MR) is 77.1 cm³/mol. The number of phenolic OH excluding ortho intramolecular Hbond substituents is 1. The van der Waals surface area contributed by atoms with Crippen LogP contribution in [0, 0.1) is 5.92 Å². The van der Waals surface area contributed by atoms with Gasteiger partial charge in [0.05, 0.1) is 12.2 Å². The zero-order valence-corrected chi connectivity index (χ0v) is 12.4. The molecule has 0 bridgehead atoms. The van der Waals surface area contributed by atoms with E-state index in [1.165, 1.54) is 0 Å². The van der Waals surface area contributed by atoms with Crippen molar-refractivity contribution in [3.8, 4) is 5.75 Å². The molecule has 1 atom stereocenters. The summed E-state index contributed by atoms with van der Waals surface area (Å²) in [5, 5.41) is 19.2. The zero-order chi connectivity index (χ0) is 14.5. The molecule has 0 fully saturated rings. The largest absolute Gasteiger partial charge is 0.508 e.